The van der Waals surface area contributed by atoms with Crippen LogP contribution in [0.1, 0.15) is 30.4 Å². The third-order valence-corrected chi connectivity index (χ3v) is 7.08. The number of hydrogen-bond donors (Lipinski definition) is 0. The van der Waals surface area contributed by atoms with Gasteiger partial charge in [0, 0.05) is 15.6 Å². The summed E-state index contributed by atoms with van der Waals surface area (Å²) in [5.74, 6) is 1.78. The van der Waals surface area contributed by atoms with Crippen molar-refractivity contribution in [2.45, 2.75) is 32.1 Å². The minimum absolute atomic E-state index is 0.804. The topological polar surface area (TPSA) is 9.23 Å². The van der Waals surface area contributed by atoms with E-state index in [0.717, 1.165) is 24.7 Å². The van der Waals surface area contributed by atoms with Gasteiger partial charge in [0.1, 0.15) is 5.75 Å². The Morgan fingerprint density at radius 1 is 0.862 bits per heavy atom. The molecular weight excluding hydrogens is 372 g/mol. The lowest BCUT2D eigenvalue weighted by Crippen LogP contribution is -2.15. The van der Waals surface area contributed by atoms with Gasteiger partial charge in [0.05, 0.1) is 6.61 Å². The summed E-state index contributed by atoms with van der Waals surface area (Å²) < 4.78 is 7.37. The van der Waals surface area contributed by atoms with E-state index >= 15 is 0 Å². The molecule has 0 spiro atoms. The van der Waals surface area contributed by atoms with E-state index in [1.54, 1.807) is 11.1 Å². The maximum atomic E-state index is 6.03. The van der Waals surface area contributed by atoms with Gasteiger partial charge in [0.15, 0.2) is 0 Å². The molecule has 1 unspecified atom stereocenters. The zero-order valence-electron chi connectivity index (χ0n) is 16.6. The van der Waals surface area contributed by atoms with Crippen LogP contribution in [-0.4, -0.2) is 6.61 Å². The molecule has 1 aliphatic rings. The van der Waals surface area contributed by atoms with E-state index in [0.29, 0.717) is 0 Å². The Hall–Kier alpha value is -2.58. The normalized spacial score (nSPS) is 15.9. The van der Waals surface area contributed by atoms with Crippen LogP contribution in [0.15, 0.2) is 78.2 Å². The number of benzene rings is 3. The SMILES string of the molecule is c1ccc2c(c1)CCC(CCCOc1ccc(-c3csc4ccccc34)cc1)C2. The van der Waals surface area contributed by atoms with Crippen LogP contribution in [0.2, 0.25) is 0 Å². The van der Waals surface area contributed by atoms with Crippen molar-refractivity contribution >= 4 is 21.4 Å². The van der Waals surface area contributed by atoms with E-state index in [2.05, 4.69) is 78.2 Å². The maximum Gasteiger partial charge on any atom is 0.119 e. The summed E-state index contributed by atoms with van der Waals surface area (Å²) in [5, 5.41) is 3.59. The average Bonchev–Trinajstić information content (AvgIpc) is 3.21. The highest BCUT2D eigenvalue weighted by Crippen LogP contribution is 2.34. The molecule has 1 aliphatic carbocycles. The van der Waals surface area contributed by atoms with E-state index in [9.17, 15) is 0 Å². The molecule has 146 valence electrons. The first-order chi connectivity index (χ1) is 14.4. The minimum Gasteiger partial charge on any atom is -0.494 e. The Morgan fingerprint density at radius 3 is 2.55 bits per heavy atom. The van der Waals surface area contributed by atoms with Gasteiger partial charge in [-0.05, 0) is 78.3 Å². The second-order valence-corrected chi connectivity index (χ2v) is 8.95. The van der Waals surface area contributed by atoms with Crippen molar-refractivity contribution in [1.82, 2.24) is 0 Å². The first kappa shape index (κ1) is 18.4. The number of ether oxygens (including phenoxy) is 1. The summed E-state index contributed by atoms with van der Waals surface area (Å²) in [4.78, 5) is 0. The van der Waals surface area contributed by atoms with Crippen LogP contribution in [0.4, 0.5) is 0 Å². The van der Waals surface area contributed by atoms with Crippen molar-refractivity contribution < 1.29 is 4.74 Å². The van der Waals surface area contributed by atoms with Crippen molar-refractivity contribution in [2.24, 2.45) is 5.92 Å². The smallest absolute Gasteiger partial charge is 0.119 e. The van der Waals surface area contributed by atoms with Crippen LogP contribution in [0, 0.1) is 5.92 Å². The van der Waals surface area contributed by atoms with E-state index in [1.165, 1.54) is 46.9 Å². The standard InChI is InChI=1S/C27H26OS/c1-2-8-23-18-20(11-12-21(23)7-1)6-5-17-28-24-15-13-22(14-16-24)26-19-29-27-10-4-3-9-25(26)27/h1-4,7-10,13-16,19-20H,5-6,11-12,17-18H2. The predicted molar refractivity (Wildman–Crippen MR) is 124 cm³/mol. The quantitative estimate of drug-likeness (QED) is 0.305. The highest BCUT2D eigenvalue weighted by Gasteiger charge is 2.17. The first-order valence-electron chi connectivity index (χ1n) is 10.6. The van der Waals surface area contributed by atoms with Crippen LogP contribution >= 0.6 is 11.3 Å². The lowest BCUT2D eigenvalue weighted by Gasteiger charge is -2.24. The molecule has 0 saturated heterocycles. The molecule has 0 saturated carbocycles. The number of thiophene rings is 1. The molecule has 0 N–H and O–H groups in total. The fraction of sp³-hybridized carbons (Fsp3) is 0.259. The molecule has 0 bridgehead atoms. The monoisotopic (exact) mass is 398 g/mol. The predicted octanol–water partition coefficient (Wildman–Crippen LogP) is 7.53. The Balaban J connectivity index is 1.14. The largest absolute Gasteiger partial charge is 0.494 e. The Labute approximate surface area is 177 Å². The van der Waals surface area contributed by atoms with Gasteiger partial charge in [-0.3, -0.25) is 0 Å². The number of fused-ring (bicyclic) bond motifs is 2. The zero-order valence-corrected chi connectivity index (χ0v) is 17.5. The van der Waals surface area contributed by atoms with Crippen molar-refractivity contribution in [1.29, 1.82) is 0 Å². The molecular formula is C27H26OS. The minimum atomic E-state index is 0.804. The second-order valence-electron chi connectivity index (χ2n) is 8.04. The molecule has 0 fully saturated rings. The molecule has 29 heavy (non-hydrogen) atoms. The Bertz CT molecular complexity index is 1090. The lowest BCUT2D eigenvalue weighted by molar-refractivity contribution is 0.285. The summed E-state index contributed by atoms with van der Waals surface area (Å²) in [7, 11) is 0. The number of aryl methyl sites for hydroxylation is 1. The summed E-state index contributed by atoms with van der Waals surface area (Å²) in [6.07, 6.45) is 6.18. The van der Waals surface area contributed by atoms with Gasteiger partial charge in [-0.25, -0.2) is 0 Å². The average molecular weight is 399 g/mol. The molecule has 3 aromatic carbocycles. The van der Waals surface area contributed by atoms with Gasteiger partial charge in [-0.2, -0.15) is 0 Å². The fourth-order valence-electron chi connectivity index (χ4n) is 4.51. The maximum absolute atomic E-state index is 6.03. The van der Waals surface area contributed by atoms with E-state index in [4.69, 9.17) is 4.74 Å². The zero-order chi connectivity index (χ0) is 19.5. The van der Waals surface area contributed by atoms with Crippen LogP contribution in [0.5, 0.6) is 5.75 Å². The lowest BCUT2D eigenvalue weighted by atomic mass is 9.82. The third-order valence-electron chi connectivity index (χ3n) is 6.12. The van der Waals surface area contributed by atoms with Crippen LogP contribution in [-0.2, 0) is 12.8 Å². The van der Waals surface area contributed by atoms with Gasteiger partial charge in [0.25, 0.3) is 0 Å². The fourth-order valence-corrected chi connectivity index (χ4v) is 5.48. The van der Waals surface area contributed by atoms with Crippen LogP contribution in [0.3, 0.4) is 0 Å². The molecule has 5 rings (SSSR count). The van der Waals surface area contributed by atoms with Crippen molar-refractivity contribution in [3.63, 3.8) is 0 Å². The highest BCUT2D eigenvalue weighted by molar-refractivity contribution is 7.17. The summed E-state index contributed by atoms with van der Waals surface area (Å²) in [6, 6.07) is 26.1. The van der Waals surface area contributed by atoms with E-state index in [1.807, 2.05) is 11.3 Å². The van der Waals surface area contributed by atoms with Crippen molar-refractivity contribution in [3.8, 4) is 16.9 Å². The van der Waals surface area contributed by atoms with Crippen molar-refractivity contribution in [2.75, 3.05) is 6.61 Å². The molecule has 1 nitrogen and oxygen atoms in total. The van der Waals surface area contributed by atoms with E-state index in [-0.39, 0.29) is 0 Å². The summed E-state index contributed by atoms with van der Waals surface area (Å²) >= 11 is 1.81. The van der Waals surface area contributed by atoms with Gasteiger partial charge in [-0.1, -0.05) is 54.6 Å². The molecule has 1 aromatic heterocycles. The Morgan fingerprint density at radius 2 is 1.66 bits per heavy atom. The third kappa shape index (κ3) is 4.09. The molecule has 2 heteroatoms. The van der Waals surface area contributed by atoms with Gasteiger partial charge in [-0.15, -0.1) is 11.3 Å². The van der Waals surface area contributed by atoms with Gasteiger partial charge < -0.3 is 4.74 Å². The number of rotatable bonds is 6. The number of hydrogen-bond acceptors (Lipinski definition) is 2. The molecule has 0 radical (unpaired) electrons. The van der Waals surface area contributed by atoms with Gasteiger partial charge in [0.2, 0.25) is 0 Å². The molecule has 4 aromatic rings. The molecule has 0 amide bonds. The van der Waals surface area contributed by atoms with Crippen LogP contribution in [0.25, 0.3) is 21.2 Å². The second kappa shape index (κ2) is 8.42. The molecule has 0 aliphatic heterocycles. The van der Waals surface area contributed by atoms with Gasteiger partial charge >= 0.3 is 0 Å². The first-order valence-corrected chi connectivity index (χ1v) is 11.5. The van der Waals surface area contributed by atoms with Crippen molar-refractivity contribution in [3.05, 3.63) is 89.3 Å². The molecule has 1 heterocycles. The summed E-state index contributed by atoms with van der Waals surface area (Å²) in [6.45, 7) is 0.804. The Kier molecular flexibility index (Phi) is 5.36. The summed E-state index contributed by atoms with van der Waals surface area (Å²) in [5.41, 5.74) is 5.69. The van der Waals surface area contributed by atoms with Crippen LogP contribution < -0.4 is 4.74 Å². The molecule has 1 atom stereocenters. The highest BCUT2D eigenvalue weighted by atomic mass is 32.1. The van der Waals surface area contributed by atoms with E-state index < -0.39 is 0 Å².